The monoisotopic (exact) mass is 610 g/mol. The lowest BCUT2D eigenvalue weighted by Gasteiger charge is -2.28. The molecule has 2 atom stereocenters. The number of benzene rings is 3. The number of rotatable bonds is 8. The van der Waals surface area contributed by atoms with Crippen molar-refractivity contribution in [3.05, 3.63) is 125 Å². The van der Waals surface area contributed by atoms with Crippen LogP contribution in [0.1, 0.15) is 34.7 Å². The van der Waals surface area contributed by atoms with Gasteiger partial charge < -0.3 is 29.0 Å². The molecule has 0 aliphatic carbocycles. The zero-order valence-electron chi connectivity index (χ0n) is 24.2. The van der Waals surface area contributed by atoms with Crippen molar-refractivity contribution in [2.24, 2.45) is 0 Å². The molecule has 0 radical (unpaired) electrons. The van der Waals surface area contributed by atoms with Crippen LogP contribution in [-0.2, 0) is 0 Å². The summed E-state index contributed by atoms with van der Waals surface area (Å²) in [5.41, 5.74) is 5.94. The fraction of sp³-hybridized carbons (Fsp3) is 0.176. The molecular weight excluding hydrogens is 580 g/mol. The molecule has 0 bridgehead atoms. The van der Waals surface area contributed by atoms with Crippen molar-refractivity contribution in [3.63, 3.8) is 0 Å². The number of aryl methyl sites for hydroxylation is 1. The zero-order valence-corrected chi connectivity index (χ0v) is 25.8. The summed E-state index contributed by atoms with van der Waals surface area (Å²) in [6.07, 6.45) is 1.81. The second-order valence-electron chi connectivity index (χ2n) is 10.2. The first-order valence-corrected chi connectivity index (χ1v) is 14.6. The molecule has 1 aliphatic rings. The summed E-state index contributed by atoms with van der Waals surface area (Å²) in [7, 11) is 3.31. The van der Waals surface area contributed by atoms with E-state index in [9.17, 15) is 0 Å². The Labute approximate surface area is 261 Å². The van der Waals surface area contributed by atoms with Crippen LogP contribution in [0.3, 0.4) is 0 Å². The van der Waals surface area contributed by atoms with E-state index in [2.05, 4.69) is 34.7 Å². The molecule has 0 unspecified atom stereocenters. The van der Waals surface area contributed by atoms with Gasteiger partial charge in [0.15, 0.2) is 5.11 Å². The summed E-state index contributed by atoms with van der Waals surface area (Å²) in [6.45, 7) is 4.20. The number of halogens is 1. The minimum Gasteiger partial charge on any atom is -0.497 e. The first-order chi connectivity index (χ1) is 20.9. The Morgan fingerprint density at radius 3 is 2.19 bits per heavy atom. The molecule has 0 amide bonds. The predicted molar refractivity (Wildman–Crippen MR) is 174 cm³/mol. The summed E-state index contributed by atoms with van der Waals surface area (Å²) in [4.78, 5) is 6.87. The Morgan fingerprint density at radius 1 is 0.837 bits per heavy atom. The van der Waals surface area contributed by atoms with Crippen LogP contribution < -0.4 is 24.4 Å². The number of anilines is 1. The lowest BCUT2D eigenvalue weighted by molar-refractivity contribution is 0.412. The van der Waals surface area contributed by atoms with E-state index in [1.807, 2.05) is 91.1 Å². The highest BCUT2D eigenvalue weighted by atomic mass is 35.5. The topological polar surface area (TPSA) is 60.8 Å². The van der Waals surface area contributed by atoms with Crippen molar-refractivity contribution < 1.29 is 14.2 Å². The highest BCUT2D eigenvalue weighted by molar-refractivity contribution is 7.80. The maximum Gasteiger partial charge on any atom is 0.174 e. The van der Waals surface area contributed by atoms with Crippen molar-refractivity contribution in [2.75, 3.05) is 19.1 Å². The largest absolute Gasteiger partial charge is 0.497 e. The van der Waals surface area contributed by atoms with Crippen LogP contribution in [0.5, 0.6) is 23.0 Å². The van der Waals surface area contributed by atoms with Gasteiger partial charge in [0.05, 0.1) is 37.7 Å². The Morgan fingerprint density at radius 2 is 1.53 bits per heavy atom. The summed E-state index contributed by atoms with van der Waals surface area (Å²) in [5.74, 6) is 2.96. The second kappa shape index (κ2) is 12.0. The van der Waals surface area contributed by atoms with Gasteiger partial charge in [0.2, 0.25) is 0 Å². The summed E-state index contributed by atoms with van der Waals surface area (Å²) >= 11 is 12.4. The van der Waals surface area contributed by atoms with E-state index in [4.69, 9.17) is 43.0 Å². The molecule has 7 nitrogen and oxygen atoms in total. The molecule has 5 aromatic rings. The van der Waals surface area contributed by atoms with E-state index in [-0.39, 0.29) is 12.1 Å². The molecule has 2 aromatic heterocycles. The molecule has 3 aromatic carbocycles. The van der Waals surface area contributed by atoms with E-state index in [1.165, 1.54) is 0 Å². The van der Waals surface area contributed by atoms with E-state index < -0.39 is 0 Å². The average molecular weight is 611 g/mol. The predicted octanol–water partition coefficient (Wildman–Crippen LogP) is 8.13. The molecule has 1 saturated heterocycles. The van der Waals surface area contributed by atoms with Gasteiger partial charge in [0.1, 0.15) is 23.0 Å². The highest BCUT2D eigenvalue weighted by Crippen LogP contribution is 2.44. The summed E-state index contributed by atoms with van der Waals surface area (Å²) in [6, 6.07) is 28.9. The van der Waals surface area contributed by atoms with Crippen LogP contribution in [0, 0.1) is 13.8 Å². The molecule has 43 heavy (non-hydrogen) atoms. The van der Waals surface area contributed by atoms with Gasteiger partial charge in [-0.3, -0.25) is 4.98 Å². The number of ether oxygens (including phenoxy) is 3. The van der Waals surface area contributed by atoms with Gasteiger partial charge in [-0.15, -0.1) is 0 Å². The minimum absolute atomic E-state index is 0.180. The first kappa shape index (κ1) is 28.6. The third-order valence-corrected chi connectivity index (χ3v) is 8.23. The van der Waals surface area contributed by atoms with Gasteiger partial charge in [-0.1, -0.05) is 17.7 Å². The maximum absolute atomic E-state index is 6.44. The van der Waals surface area contributed by atoms with Crippen LogP contribution in [0.4, 0.5) is 5.69 Å². The number of thiocarbonyl (C=S) groups is 1. The number of nitrogens with one attached hydrogen (secondary N) is 1. The van der Waals surface area contributed by atoms with Gasteiger partial charge in [-0.2, -0.15) is 0 Å². The zero-order chi connectivity index (χ0) is 30.1. The maximum atomic E-state index is 6.44. The quantitative estimate of drug-likeness (QED) is 0.178. The Hall–Kier alpha value is -4.53. The van der Waals surface area contributed by atoms with E-state index in [1.54, 1.807) is 14.2 Å². The van der Waals surface area contributed by atoms with Crippen molar-refractivity contribution in [1.82, 2.24) is 14.9 Å². The molecular formula is C34H31ClN4O3S. The average Bonchev–Trinajstić information content (AvgIpc) is 3.52. The summed E-state index contributed by atoms with van der Waals surface area (Å²) in [5, 5.41) is 4.81. The third kappa shape index (κ3) is 5.51. The highest BCUT2D eigenvalue weighted by Gasteiger charge is 2.42. The molecule has 1 aliphatic heterocycles. The smallest absolute Gasteiger partial charge is 0.174 e. The number of hydrogen-bond donors (Lipinski definition) is 1. The number of nitrogens with zero attached hydrogens (tertiary/aromatic N) is 3. The van der Waals surface area contributed by atoms with Crippen molar-refractivity contribution in [2.45, 2.75) is 25.9 Å². The van der Waals surface area contributed by atoms with E-state index >= 15 is 0 Å². The van der Waals surface area contributed by atoms with Crippen LogP contribution in [0.2, 0.25) is 5.02 Å². The Bertz CT molecular complexity index is 1760. The van der Waals surface area contributed by atoms with Gasteiger partial charge in [-0.05, 0) is 117 Å². The van der Waals surface area contributed by atoms with Gasteiger partial charge in [-0.25, -0.2) is 0 Å². The normalized spacial score (nSPS) is 16.2. The third-order valence-electron chi connectivity index (χ3n) is 7.68. The molecule has 6 rings (SSSR count). The van der Waals surface area contributed by atoms with Crippen molar-refractivity contribution >= 4 is 34.6 Å². The molecule has 218 valence electrons. The fourth-order valence-electron chi connectivity index (χ4n) is 5.70. The van der Waals surface area contributed by atoms with Gasteiger partial charge in [0, 0.05) is 28.3 Å². The number of pyridine rings is 1. The number of hydrogen-bond acceptors (Lipinski definition) is 5. The number of aromatic nitrogens is 2. The minimum atomic E-state index is -0.181. The number of methoxy groups -OCH3 is 2. The van der Waals surface area contributed by atoms with E-state index in [0.717, 1.165) is 57.0 Å². The molecule has 1 fully saturated rings. The molecule has 3 heterocycles. The Kier molecular flexibility index (Phi) is 7.97. The van der Waals surface area contributed by atoms with Gasteiger partial charge in [0.25, 0.3) is 0 Å². The first-order valence-electron chi connectivity index (χ1n) is 13.8. The molecule has 0 saturated carbocycles. The molecule has 1 N–H and O–H groups in total. The van der Waals surface area contributed by atoms with Crippen LogP contribution >= 0.6 is 23.8 Å². The van der Waals surface area contributed by atoms with Crippen molar-refractivity contribution in [1.29, 1.82) is 0 Å². The Balaban J connectivity index is 1.41. The second-order valence-corrected chi connectivity index (χ2v) is 11.1. The lowest BCUT2D eigenvalue weighted by Crippen LogP contribution is -2.29. The van der Waals surface area contributed by atoms with E-state index in [0.29, 0.717) is 10.1 Å². The van der Waals surface area contributed by atoms with Crippen LogP contribution in [0.25, 0.3) is 5.69 Å². The fourth-order valence-corrected chi connectivity index (χ4v) is 6.21. The SMILES string of the molecule is COc1ccc(Oc2ccc(N3C(=S)N[C@H](c4ccccn4)[C@H]3c3cc(C)n(-c4cc(Cl)ccc4OC)c3C)cc2)cc1. The standard InChI is InChI=1S/C34H31ClN4O3S/c1-21-19-28(22(2)38(21)30-20-23(35)8-17-31(30)41-4)33-32(29-7-5-6-18-36-29)37-34(43)39(33)24-9-11-26(12-10-24)42-27-15-13-25(40-3)14-16-27/h5-20,32-33H,1-4H3,(H,37,43)/t32-,33-/m1/s1. The molecule has 0 spiro atoms. The summed E-state index contributed by atoms with van der Waals surface area (Å²) < 4.78 is 19.2. The lowest BCUT2D eigenvalue weighted by atomic mass is 9.96. The van der Waals surface area contributed by atoms with Crippen molar-refractivity contribution in [3.8, 4) is 28.7 Å². The van der Waals surface area contributed by atoms with Crippen LogP contribution in [0.15, 0.2) is 97.2 Å². The van der Waals surface area contributed by atoms with Crippen LogP contribution in [-0.4, -0.2) is 28.9 Å². The molecule has 9 heteroatoms. The van der Waals surface area contributed by atoms with Gasteiger partial charge >= 0.3 is 0 Å².